The van der Waals surface area contributed by atoms with E-state index >= 15 is 0 Å². The summed E-state index contributed by atoms with van der Waals surface area (Å²) in [5.74, 6) is 1.75. The summed E-state index contributed by atoms with van der Waals surface area (Å²) in [6.45, 7) is 1.93. The smallest absolute Gasteiger partial charge is 0.493 e. The summed E-state index contributed by atoms with van der Waals surface area (Å²) < 4.78 is 37.1. The van der Waals surface area contributed by atoms with Crippen LogP contribution in [0.25, 0.3) is 12.2 Å². The fraction of sp³-hybridized carbons (Fsp3) is 0.263. The number of ether oxygens (including phenoxy) is 3. The van der Waals surface area contributed by atoms with E-state index in [2.05, 4.69) is 4.52 Å². The predicted octanol–water partition coefficient (Wildman–Crippen LogP) is 4.32. The lowest BCUT2D eigenvalue weighted by atomic mass is 10.1. The number of benzene rings is 2. The Bertz CT molecular complexity index is 877. The van der Waals surface area contributed by atoms with Crippen molar-refractivity contribution in [1.29, 1.82) is 0 Å². The molecule has 0 aliphatic heterocycles. The van der Waals surface area contributed by atoms with Crippen LogP contribution in [0.5, 0.6) is 23.0 Å². The third-order valence-electron chi connectivity index (χ3n) is 3.79. The van der Waals surface area contributed by atoms with E-state index in [1.165, 1.54) is 7.11 Å². The van der Waals surface area contributed by atoms with Gasteiger partial charge in [-0.05, 0) is 47.9 Å². The maximum Gasteiger partial charge on any atom is 0.527 e. The van der Waals surface area contributed by atoms with E-state index < -0.39 is 7.82 Å². The molecule has 0 saturated carbocycles. The lowest BCUT2D eigenvalue weighted by molar-refractivity contribution is 0.239. The molecule has 2 aromatic rings. The second-order valence-corrected chi connectivity index (χ2v) is 7.04. The van der Waals surface area contributed by atoms with Gasteiger partial charge in [-0.2, -0.15) is 0 Å². The molecular weight excluding hydrogens is 371 g/mol. The van der Waals surface area contributed by atoms with Gasteiger partial charge in [0.2, 0.25) is 0 Å². The highest BCUT2D eigenvalue weighted by Crippen LogP contribution is 2.46. The molecule has 0 saturated heterocycles. The standard InChI is InChI=1S/C19H23O7P/c1-13-10-15(12-18(23-3)19(13)24-4)7-6-14-8-9-16(22-2)17(11-14)26-27(20,21)25-5/h6-12H,1-5H3,(H,20,21)/b7-6-. The summed E-state index contributed by atoms with van der Waals surface area (Å²) in [6, 6.07) is 8.85. The fourth-order valence-corrected chi connectivity index (χ4v) is 2.97. The van der Waals surface area contributed by atoms with Crippen LogP contribution >= 0.6 is 7.82 Å². The lowest BCUT2D eigenvalue weighted by Gasteiger charge is -2.14. The Balaban J connectivity index is 2.34. The molecule has 8 heteroatoms. The molecule has 0 aromatic heterocycles. The van der Waals surface area contributed by atoms with Crippen LogP contribution in [0, 0.1) is 6.92 Å². The van der Waals surface area contributed by atoms with Crippen LogP contribution in [-0.2, 0) is 9.09 Å². The van der Waals surface area contributed by atoms with Crippen LogP contribution < -0.4 is 18.7 Å². The Morgan fingerprint density at radius 2 is 1.48 bits per heavy atom. The van der Waals surface area contributed by atoms with Crippen LogP contribution in [0.2, 0.25) is 0 Å². The maximum absolute atomic E-state index is 11.7. The van der Waals surface area contributed by atoms with Crippen molar-refractivity contribution in [2.45, 2.75) is 6.92 Å². The molecule has 0 bridgehead atoms. The zero-order valence-electron chi connectivity index (χ0n) is 15.9. The maximum atomic E-state index is 11.7. The van der Waals surface area contributed by atoms with Crippen molar-refractivity contribution in [2.24, 2.45) is 0 Å². The average molecular weight is 394 g/mol. The number of hydrogen-bond acceptors (Lipinski definition) is 6. The Kier molecular flexibility index (Phi) is 6.91. The van der Waals surface area contributed by atoms with Gasteiger partial charge in [0.15, 0.2) is 23.0 Å². The Morgan fingerprint density at radius 1 is 0.852 bits per heavy atom. The molecule has 0 amide bonds. The van der Waals surface area contributed by atoms with E-state index in [0.29, 0.717) is 17.2 Å². The van der Waals surface area contributed by atoms with Gasteiger partial charge in [-0.25, -0.2) is 4.57 Å². The molecule has 0 spiro atoms. The quantitative estimate of drug-likeness (QED) is 0.527. The van der Waals surface area contributed by atoms with E-state index in [4.69, 9.17) is 18.7 Å². The van der Waals surface area contributed by atoms with Gasteiger partial charge in [0.25, 0.3) is 0 Å². The lowest BCUT2D eigenvalue weighted by Crippen LogP contribution is -1.96. The van der Waals surface area contributed by atoms with Crippen molar-refractivity contribution in [1.82, 2.24) is 0 Å². The summed E-state index contributed by atoms with van der Waals surface area (Å²) >= 11 is 0. The molecule has 7 nitrogen and oxygen atoms in total. The summed E-state index contributed by atoms with van der Waals surface area (Å²) in [5.41, 5.74) is 2.60. The van der Waals surface area contributed by atoms with Crippen molar-refractivity contribution >= 4 is 20.0 Å². The minimum Gasteiger partial charge on any atom is -0.493 e. The van der Waals surface area contributed by atoms with Crippen LogP contribution in [0.1, 0.15) is 16.7 Å². The first-order valence-electron chi connectivity index (χ1n) is 8.00. The molecule has 0 aliphatic rings. The number of phosphoric acid groups is 1. The van der Waals surface area contributed by atoms with Gasteiger partial charge in [-0.3, -0.25) is 9.42 Å². The fourth-order valence-electron chi connectivity index (χ4n) is 2.50. The highest BCUT2D eigenvalue weighted by molar-refractivity contribution is 7.47. The number of methoxy groups -OCH3 is 3. The van der Waals surface area contributed by atoms with Gasteiger partial charge in [-0.1, -0.05) is 18.2 Å². The van der Waals surface area contributed by atoms with E-state index in [1.807, 2.05) is 31.2 Å². The van der Waals surface area contributed by atoms with Gasteiger partial charge >= 0.3 is 7.82 Å². The molecule has 0 radical (unpaired) electrons. The first-order valence-corrected chi connectivity index (χ1v) is 9.50. The van der Waals surface area contributed by atoms with Crippen molar-refractivity contribution in [2.75, 3.05) is 28.4 Å². The highest BCUT2D eigenvalue weighted by Gasteiger charge is 2.22. The molecule has 27 heavy (non-hydrogen) atoms. The second-order valence-electron chi connectivity index (χ2n) is 5.56. The van der Waals surface area contributed by atoms with E-state index in [9.17, 15) is 9.46 Å². The third-order valence-corrected chi connectivity index (χ3v) is 4.68. The molecule has 2 aromatic carbocycles. The molecular formula is C19H23O7P. The topological polar surface area (TPSA) is 83.5 Å². The largest absolute Gasteiger partial charge is 0.527 e. The van der Waals surface area contributed by atoms with Crippen molar-refractivity contribution < 1.29 is 32.7 Å². The van der Waals surface area contributed by atoms with Crippen LogP contribution in [0.3, 0.4) is 0 Å². The van der Waals surface area contributed by atoms with Crippen LogP contribution in [-0.4, -0.2) is 33.3 Å². The number of aryl methyl sites for hydroxylation is 1. The molecule has 0 fully saturated rings. The highest BCUT2D eigenvalue weighted by atomic mass is 31.2. The Hall–Kier alpha value is -2.47. The van der Waals surface area contributed by atoms with Gasteiger partial charge in [-0.15, -0.1) is 0 Å². The summed E-state index contributed by atoms with van der Waals surface area (Å²) in [6.07, 6.45) is 3.72. The molecule has 0 heterocycles. The van der Waals surface area contributed by atoms with E-state index in [1.54, 1.807) is 32.4 Å². The molecule has 1 atom stereocenters. The number of hydrogen-bond donors (Lipinski definition) is 1. The van der Waals surface area contributed by atoms with Gasteiger partial charge < -0.3 is 18.7 Å². The van der Waals surface area contributed by atoms with E-state index in [-0.39, 0.29) is 5.75 Å². The number of rotatable bonds is 8. The molecule has 1 unspecified atom stereocenters. The van der Waals surface area contributed by atoms with Gasteiger partial charge in [0, 0.05) is 7.11 Å². The molecule has 2 rings (SSSR count). The zero-order valence-corrected chi connectivity index (χ0v) is 16.8. The van der Waals surface area contributed by atoms with Crippen molar-refractivity contribution in [3.63, 3.8) is 0 Å². The van der Waals surface area contributed by atoms with Crippen LogP contribution in [0.4, 0.5) is 0 Å². The normalized spacial score (nSPS) is 13.3. The Morgan fingerprint density at radius 3 is 2.07 bits per heavy atom. The predicted molar refractivity (Wildman–Crippen MR) is 104 cm³/mol. The van der Waals surface area contributed by atoms with Crippen LogP contribution in [0.15, 0.2) is 30.3 Å². The minimum atomic E-state index is -4.19. The summed E-state index contributed by atoms with van der Waals surface area (Å²) in [5, 5.41) is 0. The average Bonchev–Trinajstić information content (AvgIpc) is 2.65. The van der Waals surface area contributed by atoms with Crippen molar-refractivity contribution in [3.05, 3.63) is 47.0 Å². The molecule has 1 N–H and O–H groups in total. The first-order chi connectivity index (χ1) is 12.8. The van der Waals surface area contributed by atoms with Gasteiger partial charge in [0.1, 0.15) is 0 Å². The zero-order chi connectivity index (χ0) is 20.0. The molecule has 146 valence electrons. The minimum absolute atomic E-state index is 0.107. The summed E-state index contributed by atoms with van der Waals surface area (Å²) in [7, 11) is 1.52. The monoisotopic (exact) mass is 394 g/mol. The summed E-state index contributed by atoms with van der Waals surface area (Å²) in [4.78, 5) is 9.54. The van der Waals surface area contributed by atoms with E-state index in [0.717, 1.165) is 23.8 Å². The SMILES string of the molecule is COc1ccc(/C=C\c2cc(C)c(OC)c(OC)c2)cc1OP(=O)(O)OC. The number of phosphoric ester groups is 1. The third kappa shape index (κ3) is 5.26. The molecule has 0 aliphatic carbocycles. The van der Waals surface area contributed by atoms with Crippen molar-refractivity contribution in [3.8, 4) is 23.0 Å². The Labute approximate surface area is 158 Å². The first kappa shape index (κ1) is 20.8. The second kappa shape index (κ2) is 8.95. The van der Waals surface area contributed by atoms with Gasteiger partial charge in [0.05, 0.1) is 21.3 Å².